The van der Waals surface area contributed by atoms with E-state index in [2.05, 4.69) is 4.99 Å². The van der Waals surface area contributed by atoms with Gasteiger partial charge >= 0.3 is 6.18 Å². The summed E-state index contributed by atoms with van der Waals surface area (Å²) in [4.78, 5) is 4.28. The molecule has 0 aromatic carbocycles. The van der Waals surface area contributed by atoms with Crippen molar-refractivity contribution in [2.24, 2.45) is 16.8 Å². The van der Waals surface area contributed by atoms with E-state index in [9.17, 15) is 13.2 Å². The highest BCUT2D eigenvalue weighted by molar-refractivity contribution is 5.80. The van der Waals surface area contributed by atoms with Gasteiger partial charge in [0, 0.05) is 12.5 Å². The van der Waals surface area contributed by atoms with Crippen molar-refractivity contribution in [3.05, 3.63) is 11.8 Å². The normalized spacial score (nSPS) is 29.1. The van der Waals surface area contributed by atoms with Crippen LogP contribution in [0, 0.1) is 11.8 Å². The predicted molar refractivity (Wildman–Crippen MR) is 64.7 cm³/mol. The maximum Gasteiger partial charge on any atom is 0.391 e. The molecule has 1 fully saturated rings. The van der Waals surface area contributed by atoms with Crippen LogP contribution in [0.4, 0.5) is 13.2 Å². The summed E-state index contributed by atoms with van der Waals surface area (Å²) >= 11 is 0. The molecule has 1 aliphatic heterocycles. The topological polar surface area (TPSA) is 41.8 Å². The Morgan fingerprint density at radius 1 is 1.26 bits per heavy atom. The Hall–Kier alpha value is -1.04. The molecular formula is C13H18F3NO2. The van der Waals surface area contributed by atoms with Gasteiger partial charge in [0.1, 0.15) is 12.4 Å². The first-order valence-electron chi connectivity index (χ1n) is 6.59. The lowest BCUT2D eigenvalue weighted by Crippen LogP contribution is -2.31. The van der Waals surface area contributed by atoms with Gasteiger partial charge in [-0.25, -0.2) is 0 Å². The number of aliphatic imine (C=N–C) groups is 1. The fourth-order valence-corrected chi connectivity index (χ4v) is 2.59. The Morgan fingerprint density at radius 2 is 1.95 bits per heavy atom. The van der Waals surface area contributed by atoms with E-state index >= 15 is 0 Å². The Bertz CT molecular complexity index is 369. The molecule has 0 aromatic rings. The van der Waals surface area contributed by atoms with E-state index in [4.69, 9.17) is 9.84 Å². The summed E-state index contributed by atoms with van der Waals surface area (Å²) in [5.74, 6) is -0.290. The average Bonchev–Trinajstić information content (AvgIpc) is 2.63. The molecule has 3 nitrogen and oxygen atoms in total. The fourth-order valence-electron chi connectivity index (χ4n) is 2.59. The second-order valence-electron chi connectivity index (χ2n) is 5.03. The Morgan fingerprint density at radius 3 is 2.53 bits per heavy atom. The predicted octanol–water partition coefficient (Wildman–Crippen LogP) is 3.05. The zero-order chi connectivity index (χ0) is 13.9. The molecular weight excluding hydrogens is 259 g/mol. The maximum absolute atomic E-state index is 12.6. The van der Waals surface area contributed by atoms with Gasteiger partial charge in [-0.2, -0.15) is 13.2 Å². The molecule has 0 saturated heterocycles. The summed E-state index contributed by atoms with van der Waals surface area (Å²) < 4.78 is 43.3. The lowest BCUT2D eigenvalue weighted by Gasteiger charge is -2.30. The highest BCUT2D eigenvalue weighted by Gasteiger charge is 2.42. The Balaban J connectivity index is 1.94. The van der Waals surface area contributed by atoms with Crippen molar-refractivity contribution >= 4 is 5.90 Å². The zero-order valence-corrected chi connectivity index (χ0v) is 10.6. The molecule has 0 unspecified atom stereocenters. The first-order valence-corrected chi connectivity index (χ1v) is 6.59. The highest BCUT2D eigenvalue weighted by atomic mass is 19.4. The van der Waals surface area contributed by atoms with Crippen LogP contribution in [-0.2, 0) is 4.74 Å². The summed E-state index contributed by atoms with van der Waals surface area (Å²) in [5, 5.41) is 9.08. The number of aliphatic hydroxyl groups is 1. The van der Waals surface area contributed by atoms with E-state index in [-0.39, 0.29) is 25.4 Å². The van der Waals surface area contributed by atoms with E-state index < -0.39 is 12.1 Å². The van der Waals surface area contributed by atoms with Gasteiger partial charge in [-0.15, -0.1) is 0 Å². The number of rotatable bonds is 2. The third-order valence-electron chi connectivity index (χ3n) is 3.70. The summed E-state index contributed by atoms with van der Waals surface area (Å²) in [6.45, 7) is 0.370. The Kier molecular flexibility index (Phi) is 4.50. The van der Waals surface area contributed by atoms with Crippen LogP contribution in [0.5, 0.6) is 0 Å². The van der Waals surface area contributed by atoms with Gasteiger partial charge in [-0.05, 0) is 38.2 Å². The van der Waals surface area contributed by atoms with Crippen LogP contribution in [0.1, 0.15) is 32.1 Å². The quantitative estimate of drug-likeness (QED) is 0.843. The summed E-state index contributed by atoms with van der Waals surface area (Å²) in [7, 11) is 0. The van der Waals surface area contributed by atoms with Crippen molar-refractivity contribution in [3.63, 3.8) is 0 Å². The number of hydrogen-bond acceptors (Lipinski definition) is 3. The highest BCUT2D eigenvalue weighted by Crippen LogP contribution is 2.40. The molecule has 1 N–H and O–H groups in total. The van der Waals surface area contributed by atoms with E-state index in [1.807, 2.05) is 0 Å². The van der Waals surface area contributed by atoms with Crippen LogP contribution in [0.3, 0.4) is 0 Å². The van der Waals surface area contributed by atoms with Gasteiger partial charge in [-0.1, -0.05) is 0 Å². The summed E-state index contributed by atoms with van der Waals surface area (Å²) in [6.07, 6.45) is -0.463. The van der Waals surface area contributed by atoms with Gasteiger partial charge in [-0.3, -0.25) is 4.99 Å². The molecule has 0 radical (unpaired) electrons. The van der Waals surface area contributed by atoms with E-state index in [0.717, 1.165) is 0 Å². The summed E-state index contributed by atoms with van der Waals surface area (Å²) in [5.41, 5.74) is 0. The number of hydrogen-bond donors (Lipinski definition) is 1. The number of nitrogens with zero attached hydrogens (tertiary/aromatic N) is 1. The second kappa shape index (κ2) is 5.94. The third-order valence-corrected chi connectivity index (χ3v) is 3.70. The number of ether oxygens (including phenoxy) is 1. The fraction of sp³-hybridized carbons (Fsp3) is 0.769. The minimum Gasteiger partial charge on any atom is -0.445 e. The van der Waals surface area contributed by atoms with Crippen molar-refractivity contribution in [2.75, 3.05) is 13.2 Å². The van der Waals surface area contributed by atoms with Gasteiger partial charge < -0.3 is 9.84 Å². The molecule has 2 rings (SSSR count). The average molecular weight is 277 g/mol. The summed E-state index contributed by atoms with van der Waals surface area (Å²) in [6, 6.07) is 0. The van der Waals surface area contributed by atoms with Crippen LogP contribution in [0.2, 0.25) is 0 Å². The zero-order valence-electron chi connectivity index (χ0n) is 10.6. The lowest BCUT2D eigenvalue weighted by molar-refractivity contribution is -0.183. The number of aliphatic hydroxyl groups excluding tert-OH is 1. The van der Waals surface area contributed by atoms with Crippen LogP contribution in [0.15, 0.2) is 16.8 Å². The first kappa shape index (κ1) is 14.4. The molecule has 19 heavy (non-hydrogen) atoms. The monoisotopic (exact) mass is 277 g/mol. The molecule has 2 aliphatic rings. The van der Waals surface area contributed by atoms with Crippen molar-refractivity contribution in [3.8, 4) is 0 Å². The SMILES string of the molecule is OCC1=CCCN=C(C2CCC(C(F)(F)F)CC2)O1. The molecule has 6 heteroatoms. The molecule has 0 amide bonds. The standard InChI is InChI=1S/C13H18F3NO2/c14-13(15,16)10-5-3-9(4-6-10)12-17-7-1-2-11(8-18)19-12/h2,9-10,18H,1,3-8H2. The van der Waals surface area contributed by atoms with Crippen LogP contribution >= 0.6 is 0 Å². The van der Waals surface area contributed by atoms with Crippen LogP contribution < -0.4 is 0 Å². The smallest absolute Gasteiger partial charge is 0.391 e. The van der Waals surface area contributed by atoms with E-state index in [1.165, 1.54) is 0 Å². The molecule has 1 heterocycles. The van der Waals surface area contributed by atoms with Crippen molar-refractivity contribution in [1.29, 1.82) is 0 Å². The van der Waals surface area contributed by atoms with Crippen LogP contribution in [-0.4, -0.2) is 30.3 Å². The van der Waals surface area contributed by atoms with Gasteiger partial charge in [0.25, 0.3) is 0 Å². The maximum atomic E-state index is 12.6. The van der Waals surface area contributed by atoms with Gasteiger partial charge in [0.2, 0.25) is 0 Å². The second-order valence-corrected chi connectivity index (χ2v) is 5.03. The molecule has 0 aromatic heterocycles. The van der Waals surface area contributed by atoms with Gasteiger partial charge in [0.15, 0.2) is 5.90 Å². The minimum atomic E-state index is -4.09. The van der Waals surface area contributed by atoms with Crippen molar-refractivity contribution in [2.45, 2.75) is 38.3 Å². The minimum absolute atomic E-state index is 0.0494. The van der Waals surface area contributed by atoms with E-state index in [1.54, 1.807) is 6.08 Å². The molecule has 1 saturated carbocycles. The number of halogens is 3. The van der Waals surface area contributed by atoms with Crippen molar-refractivity contribution in [1.82, 2.24) is 0 Å². The Labute approximate surface area is 110 Å². The first-order chi connectivity index (χ1) is 9.00. The molecule has 108 valence electrons. The lowest BCUT2D eigenvalue weighted by atomic mass is 9.81. The van der Waals surface area contributed by atoms with E-state index in [0.29, 0.717) is 37.5 Å². The largest absolute Gasteiger partial charge is 0.445 e. The third kappa shape index (κ3) is 3.72. The van der Waals surface area contributed by atoms with Crippen molar-refractivity contribution < 1.29 is 23.0 Å². The molecule has 0 atom stereocenters. The molecule has 1 aliphatic carbocycles. The molecule has 0 bridgehead atoms. The van der Waals surface area contributed by atoms with Gasteiger partial charge in [0.05, 0.1) is 5.92 Å². The van der Waals surface area contributed by atoms with Crippen LogP contribution in [0.25, 0.3) is 0 Å². The number of alkyl halides is 3. The molecule has 0 spiro atoms.